The van der Waals surface area contributed by atoms with Crippen LogP contribution in [0.1, 0.15) is 23.3 Å². The summed E-state index contributed by atoms with van der Waals surface area (Å²) < 4.78 is 44.5. The number of aryl methyl sites for hydroxylation is 2. The van der Waals surface area contributed by atoms with Crippen molar-refractivity contribution in [2.24, 2.45) is 0 Å². The first-order valence-corrected chi connectivity index (χ1v) is 12.0. The van der Waals surface area contributed by atoms with Crippen molar-refractivity contribution in [1.82, 2.24) is 14.8 Å². The summed E-state index contributed by atoms with van der Waals surface area (Å²) in [7, 11) is -2.11. The fourth-order valence-corrected chi connectivity index (χ4v) is 5.46. The average molecular weight is 461 g/mol. The highest BCUT2D eigenvalue weighted by atomic mass is 32.2. The van der Waals surface area contributed by atoms with Gasteiger partial charge in [0.25, 0.3) is 0 Å². The quantitative estimate of drug-likeness (QED) is 0.548. The van der Waals surface area contributed by atoms with Crippen molar-refractivity contribution >= 4 is 15.7 Å². The highest BCUT2D eigenvalue weighted by Gasteiger charge is 2.30. The Morgan fingerprint density at radius 2 is 1.84 bits per heavy atom. The van der Waals surface area contributed by atoms with Crippen LogP contribution in [-0.4, -0.2) is 58.3 Å². The van der Waals surface area contributed by atoms with Gasteiger partial charge in [-0.15, -0.1) is 0 Å². The van der Waals surface area contributed by atoms with Crippen LogP contribution in [0.25, 0.3) is 0 Å². The van der Waals surface area contributed by atoms with Crippen molar-refractivity contribution in [1.29, 1.82) is 0 Å². The number of aromatic nitrogens is 1. The number of rotatable bonds is 8. The summed E-state index contributed by atoms with van der Waals surface area (Å²) in [5.41, 5.74) is 1.48. The van der Waals surface area contributed by atoms with Gasteiger partial charge < -0.3 is 18.6 Å². The first kappa shape index (κ1) is 22.4. The minimum absolute atomic E-state index is 0.0972. The molecule has 32 heavy (non-hydrogen) atoms. The predicted octanol–water partition coefficient (Wildman–Crippen LogP) is 2.73. The SMILES string of the molecule is COc1ccc(N2CCN(C(CNS(=O)(=O)c3c(C)noc3C)c3ccco3)CC2)cc1. The van der Waals surface area contributed by atoms with E-state index in [0.717, 1.165) is 43.4 Å². The summed E-state index contributed by atoms with van der Waals surface area (Å²) >= 11 is 0. The van der Waals surface area contributed by atoms with Crippen LogP contribution in [-0.2, 0) is 10.0 Å². The smallest absolute Gasteiger partial charge is 0.246 e. The molecule has 1 unspecified atom stereocenters. The zero-order chi connectivity index (χ0) is 22.7. The molecule has 0 bridgehead atoms. The van der Waals surface area contributed by atoms with Gasteiger partial charge >= 0.3 is 0 Å². The molecule has 0 aliphatic carbocycles. The van der Waals surface area contributed by atoms with Crippen LogP contribution in [0.4, 0.5) is 5.69 Å². The number of methoxy groups -OCH3 is 1. The van der Waals surface area contributed by atoms with Gasteiger partial charge in [-0.1, -0.05) is 5.16 Å². The molecule has 1 aliphatic heterocycles. The maximum absolute atomic E-state index is 12.9. The maximum atomic E-state index is 12.9. The number of sulfonamides is 1. The molecule has 0 spiro atoms. The number of hydrogen-bond acceptors (Lipinski definition) is 8. The zero-order valence-electron chi connectivity index (χ0n) is 18.4. The van der Waals surface area contributed by atoms with Gasteiger partial charge in [0.05, 0.1) is 19.4 Å². The molecule has 3 heterocycles. The molecule has 1 aliphatic rings. The van der Waals surface area contributed by atoms with Crippen LogP contribution in [0, 0.1) is 13.8 Å². The average Bonchev–Trinajstić information content (AvgIpc) is 3.44. The molecule has 1 aromatic carbocycles. The molecule has 1 saturated heterocycles. The van der Waals surface area contributed by atoms with Gasteiger partial charge in [0.1, 0.15) is 22.1 Å². The third-order valence-corrected chi connectivity index (χ3v) is 7.43. The number of benzene rings is 1. The highest BCUT2D eigenvalue weighted by Crippen LogP contribution is 2.26. The fourth-order valence-electron chi connectivity index (χ4n) is 4.09. The summed E-state index contributed by atoms with van der Waals surface area (Å²) in [4.78, 5) is 4.65. The largest absolute Gasteiger partial charge is 0.497 e. The lowest BCUT2D eigenvalue weighted by molar-refractivity contribution is 0.166. The summed E-state index contributed by atoms with van der Waals surface area (Å²) in [5.74, 6) is 1.83. The lowest BCUT2D eigenvalue weighted by atomic mass is 10.1. The second kappa shape index (κ2) is 9.35. The third-order valence-electron chi connectivity index (χ3n) is 5.77. The van der Waals surface area contributed by atoms with Crippen LogP contribution < -0.4 is 14.4 Å². The molecule has 0 radical (unpaired) electrons. The van der Waals surface area contributed by atoms with E-state index in [1.54, 1.807) is 27.2 Å². The van der Waals surface area contributed by atoms with E-state index in [1.807, 2.05) is 24.3 Å². The van der Waals surface area contributed by atoms with Gasteiger partial charge in [-0.3, -0.25) is 4.90 Å². The number of anilines is 1. The Morgan fingerprint density at radius 1 is 1.12 bits per heavy atom. The number of nitrogens with one attached hydrogen (secondary N) is 1. The number of nitrogens with zero attached hydrogens (tertiary/aromatic N) is 3. The van der Waals surface area contributed by atoms with E-state index in [-0.39, 0.29) is 23.2 Å². The van der Waals surface area contributed by atoms with Crippen molar-refractivity contribution in [3.05, 3.63) is 59.9 Å². The second-order valence-corrected chi connectivity index (χ2v) is 9.46. The van der Waals surface area contributed by atoms with Gasteiger partial charge in [0, 0.05) is 38.4 Å². The van der Waals surface area contributed by atoms with Crippen molar-refractivity contribution in [3.8, 4) is 5.75 Å². The van der Waals surface area contributed by atoms with Gasteiger partial charge in [-0.05, 0) is 50.2 Å². The predicted molar refractivity (Wildman–Crippen MR) is 119 cm³/mol. The van der Waals surface area contributed by atoms with Crippen molar-refractivity contribution in [2.75, 3.05) is 44.7 Å². The summed E-state index contributed by atoms with van der Waals surface area (Å²) in [6.45, 7) is 6.57. The van der Waals surface area contributed by atoms with Gasteiger partial charge in [0.2, 0.25) is 10.0 Å². The number of piperazine rings is 1. The summed E-state index contributed by atoms with van der Waals surface area (Å²) in [6, 6.07) is 11.5. The lowest BCUT2D eigenvalue weighted by Crippen LogP contribution is -2.49. The molecular weight excluding hydrogens is 432 g/mol. The number of ether oxygens (including phenoxy) is 1. The molecule has 1 fully saturated rings. The van der Waals surface area contributed by atoms with E-state index < -0.39 is 10.0 Å². The highest BCUT2D eigenvalue weighted by molar-refractivity contribution is 7.89. The first-order chi connectivity index (χ1) is 15.4. The Balaban J connectivity index is 1.45. The Bertz CT molecular complexity index is 1100. The van der Waals surface area contributed by atoms with E-state index >= 15 is 0 Å². The minimum atomic E-state index is -3.76. The van der Waals surface area contributed by atoms with Crippen LogP contribution >= 0.6 is 0 Å². The standard InChI is InChI=1S/C22H28N4O5S/c1-16-22(17(2)31-24-16)32(27,28)23-15-20(21-5-4-14-30-21)26-12-10-25(11-13-26)18-6-8-19(29-3)9-7-18/h4-9,14,20,23H,10-13,15H2,1-3H3. The van der Waals surface area contributed by atoms with Crippen molar-refractivity contribution < 1.29 is 22.1 Å². The van der Waals surface area contributed by atoms with Gasteiger partial charge in [0.15, 0.2) is 5.76 Å². The van der Waals surface area contributed by atoms with E-state index in [4.69, 9.17) is 13.7 Å². The van der Waals surface area contributed by atoms with Crippen molar-refractivity contribution in [3.63, 3.8) is 0 Å². The molecule has 0 amide bonds. The van der Waals surface area contributed by atoms with Crippen molar-refractivity contribution in [2.45, 2.75) is 24.8 Å². The normalized spacial score (nSPS) is 16.3. The lowest BCUT2D eigenvalue weighted by Gasteiger charge is -2.39. The maximum Gasteiger partial charge on any atom is 0.246 e. The molecule has 3 aromatic rings. The topological polar surface area (TPSA) is 101 Å². The molecule has 0 saturated carbocycles. The van der Waals surface area contributed by atoms with Gasteiger partial charge in [-0.2, -0.15) is 0 Å². The Kier molecular flexibility index (Phi) is 6.54. The second-order valence-electron chi connectivity index (χ2n) is 7.76. The molecule has 172 valence electrons. The van der Waals surface area contributed by atoms with Crippen LogP contribution in [0.15, 0.2) is 56.5 Å². The Labute approximate surface area is 188 Å². The number of hydrogen-bond donors (Lipinski definition) is 1. The third kappa shape index (κ3) is 4.67. The monoisotopic (exact) mass is 460 g/mol. The van der Waals surface area contributed by atoms with E-state index in [1.165, 1.54) is 0 Å². The fraction of sp³-hybridized carbons (Fsp3) is 0.409. The molecule has 9 nitrogen and oxygen atoms in total. The molecule has 2 aromatic heterocycles. The van der Waals surface area contributed by atoms with E-state index in [0.29, 0.717) is 5.69 Å². The van der Waals surface area contributed by atoms with Crippen LogP contribution in [0.3, 0.4) is 0 Å². The molecule has 10 heteroatoms. The van der Waals surface area contributed by atoms with Crippen LogP contribution in [0.5, 0.6) is 5.75 Å². The summed E-state index contributed by atoms with van der Waals surface area (Å²) in [5, 5.41) is 3.76. The molecule has 1 atom stereocenters. The van der Waals surface area contributed by atoms with E-state index in [2.05, 4.69) is 31.8 Å². The first-order valence-electron chi connectivity index (χ1n) is 10.5. The Morgan fingerprint density at radius 3 is 2.41 bits per heavy atom. The van der Waals surface area contributed by atoms with Gasteiger partial charge in [-0.25, -0.2) is 13.1 Å². The summed E-state index contributed by atoms with van der Waals surface area (Å²) in [6.07, 6.45) is 1.61. The Hall–Kier alpha value is -2.82. The minimum Gasteiger partial charge on any atom is -0.497 e. The van der Waals surface area contributed by atoms with Crippen LogP contribution in [0.2, 0.25) is 0 Å². The number of furan rings is 1. The molecule has 4 rings (SSSR count). The van der Waals surface area contributed by atoms with E-state index in [9.17, 15) is 8.42 Å². The zero-order valence-corrected chi connectivity index (χ0v) is 19.3. The molecule has 1 N–H and O–H groups in total. The molecular formula is C22H28N4O5S.